The van der Waals surface area contributed by atoms with E-state index in [0.717, 1.165) is 0 Å². The van der Waals surface area contributed by atoms with Crippen LogP contribution in [0, 0.1) is 10.1 Å². The maximum Gasteiger partial charge on any atom is 0.281 e. The maximum atomic E-state index is 12.6. The van der Waals surface area contributed by atoms with Crippen molar-refractivity contribution >= 4 is 22.9 Å². The smallest absolute Gasteiger partial charge is 0.281 e. The lowest BCUT2D eigenvalue weighted by atomic mass is 9.82. The first-order chi connectivity index (χ1) is 10.6. The monoisotopic (exact) mass is 294 g/mol. The second-order valence-electron chi connectivity index (χ2n) is 4.50. The zero-order chi connectivity index (χ0) is 15.9. The van der Waals surface area contributed by atoms with Crippen molar-refractivity contribution in [3.63, 3.8) is 0 Å². The minimum Gasteiger partial charge on any atom is -0.289 e. The number of nitrogens with zero attached hydrogens (tertiary/aromatic N) is 4. The van der Waals surface area contributed by atoms with E-state index in [1.54, 1.807) is 0 Å². The Morgan fingerprint density at radius 1 is 1.00 bits per heavy atom. The molecular formula is C14H6N4O4. The Morgan fingerprint density at radius 2 is 1.59 bits per heavy atom. The molecule has 0 bridgehead atoms. The van der Waals surface area contributed by atoms with Gasteiger partial charge in [-0.15, -0.1) is 0 Å². The van der Waals surface area contributed by atoms with E-state index in [1.807, 2.05) is 0 Å². The van der Waals surface area contributed by atoms with E-state index < -0.39 is 22.2 Å². The molecule has 1 aliphatic rings. The Balaban J connectivity index is 2.37. The summed E-state index contributed by atoms with van der Waals surface area (Å²) in [6.07, 6.45) is 0. The van der Waals surface area contributed by atoms with Crippen molar-refractivity contribution in [2.45, 2.75) is 0 Å². The van der Waals surface area contributed by atoms with E-state index in [0.29, 0.717) is 0 Å². The van der Waals surface area contributed by atoms with Crippen LogP contribution in [0.5, 0.6) is 0 Å². The maximum absolute atomic E-state index is 12.6. The van der Waals surface area contributed by atoms with Crippen LogP contribution in [0.3, 0.4) is 0 Å². The number of azide groups is 1. The SMILES string of the molecule is [N-]=[N+]=Nc1cccc2c1C(=O)c1cccc([N+](=O)[O-])c1C2=O. The van der Waals surface area contributed by atoms with E-state index in [1.165, 1.54) is 36.4 Å². The van der Waals surface area contributed by atoms with Gasteiger partial charge in [0.15, 0.2) is 5.78 Å². The topological polar surface area (TPSA) is 126 Å². The Kier molecular flexibility index (Phi) is 2.94. The van der Waals surface area contributed by atoms with Gasteiger partial charge in [0, 0.05) is 33.4 Å². The van der Waals surface area contributed by atoms with Gasteiger partial charge in [-0.3, -0.25) is 19.7 Å². The molecule has 0 atom stereocenters. The molecule has 1 aliphatic carbocycles. The van der Waals surface area contributed by atoms with Crippen LogP contribution in [-0.2, 0) is 0 Å². The summed E-state index contributed by atoms with van der Waals surface area (Å²) in [5.41, 5.74) is 7.83. The summed E-state index contributed by atoms with van der Waals surface area (Å²) in [4.78, 5) is 38.1. The lowest BCUT2D eigenvalue weighted by Gasteiger charge is -2.18. The van der Waals surface area contributed by atoms with Crippen LogP contribution in [0.4, 0.5) is 11.4 Å². The molecular weight excluding hydrogens is 288 g/mol. The zero-order valence-corrected chi connectivity index (χ0v) is 10.9. The molecule has 3 rings (SSSR count). The molecule has 0 unspecified atom stereocenters. The number of nitro benzene ring substituents is 1. The third-order valence-corrected chi connectivity index (χ3v) is 3.38. The fourth-order valence-electron chi connectivity index (χ4n) is 2.49. The number of hydrogen-bond donors (Lipinski definition) is 0. The van der Waals surface area contributed by atoms with Gasteiger partial charge >= 0.3 is 0 Å². The van der Waals surface area contributed by atoms with Gasteiger partial charge in [-0.25, -0.2) is 0 Å². The fourth-order valence-corrected chi connectivity index (χ4v) is 2.49. The number of nitro groups is 1. The first-order valence-corrected chi connectivity index (χ1v) is 6.11. The Bertz CT molecular complexity index is 852. The number of rotatable bonds is 2. The van der Waals surface area contributed by atoms with Crippen molar-refractivity contribution in [2.24, 2.45) is 5.11 Å². The molecule has 0 radical (unpaired) electrons. The summed E-state index contributed by atoms with van der Waals surface area (Å²) in [7, 11) is 0. The number of benzene rings is 2. The summed E-state index contributed by atoms with van der Waals surface area (Å²) < 4.78 is 0. The molecule has 0 fully saturated rings. The number of carbonyl (C=O) groups is 2. The van der Waals surface area contributed by atoms with Crippen molar-refractivity contribution in [3.8, 4) is 0 Å². The summed E-state index contributed by atoms with van der Waals surface area (Å²) in [5, 5.41) is 14.5. The van der Waals surface area contributed by atoms with Gasteiger partial charge in [-0.05, 0) is 11.6 Å². The van der Waals surface area contributed by atoms with Gasteiger partial charge in [-0.2, -0.15) is 0 Å². The number of fused-ring (bicyclic) bond motifs is 2. The Morgan fingerprint density at radius 3 is 2.23 bits per heavy atom. The van der Waals surface area contributed by atoms with Crippen molar-refractivity contribution in [1.29, 1.82) is 0 Å². The minimum absolute atomic E-state index is 0.00306. The average molecular weight is 294 g/mol. The third kappa shape index (κ3) is 1.75. The molecule has 0 spiro atoms. The summed E-state index contributed by atoms with van der Waals surface area (Å²) in [6.45, 7) is 0. The van der Waals surface area contributed by atoms with E-state index in [2.05, 4.69) is 10.0 Å². The molecule has 0 heterocycles. The quantitative estimate of drug-likeness (QED) is 0.236. The summed E-state index contributed by atoms with van der Waals surface area (Å²) in [6, 6.07) is 8.10. The van der Waals surface area contributed by atoms with Gasteiger partial charge in [0.25, 0.3) is 5.69 Å². The Hall–Kier alpha value is -3.51. The number of carbonyl (C=O) groups excluding carboxylic acids is 2. The van der Waals surface area contributed by atoms with Crippen molar-refractivity contribution < 1.29 is 14.5 Å². The predicted octanol–water partition coefficient (Wildman–Crippen LogP) is 3.31. The molecule has 8 heteroatoms. The molecule has 106 valence electrons. The van der Waals surface area contributed by atoms with Crippen LogP contribution in [-0.4, -0.2) is 16.5 Å². The number of hydrogen-bond acceptors (Lipinski definition) is 5. The molecule has 0 saturated heterocycles. The van der Waals surface area contributed by atoms with Crippen LogP contribution in [0.15, 0.2) is 41.5 Å². The van der Waals surface area contributed by atoms with Gasteiger partial charge in [0.2, 0.25) is 5.78 Å². The van der Waals surface area contributed by atoms with Gasteiger partial charge in [0.1, 0.15) is 5.56 Å². The lowest BCUT2D eigenvalue weighted by molar-refractivity contribution is -0.385. The molecule has 22 heavy (non-hydrogen) atoms. The molecule has 2 aromatic carbocycles. The highest BCUT2D eigenvalue weighted by molar-refractivity contribution is 6.31. The first kappa shape index (κ1) is 13.5. The normalized spacial score (nSPS) is 12.2. The van der Waals surface area contributed by atoms with Crippen LogP contribution in [0.25, 0.3) is 10.4 Å². The van der Waals surface area contributed by atoms with E-state index in [-0.39, 0.29) is 27.9 Å². The predicted molar refractivity (Wildman–Crippen MR) is 75.2 cm³/mol. The molecule has 0 amide bonds. The van der Waals surface area contributed by atoms with Crippen LogP contribution in [0.1, 0.15) is 31.8 Å². The van der Waals surface area contributed by atoms with Gasteiger partial charge in [-0.1, -0.05) is 29.4 Å². The lowest BCUT2D eigenvalue weighted by Crippen LogP contribution is -2.22. The molecule has 0 aromatic heterocycles. The molecule has 0 aliphatic heterocycles. The first-order valence-electron chi connectivity index (χ1n) is 6.11. The Labute approximate surface area is 122 Å². The largest absolute Gasteiger partial charge is 0.289 e. The minimum atomic E-state index is -0.702. The summed E-state index contributed by atoms with van der Waals surface area (Å²) >= 11 is 0. The van der Waals surface area contributed by atoms with Crippen LogP contribution >= 0.6 is 0 Å². The van der Waals surface area contributed by atoms with Crippen molar-refractivity contribution in [1.82, 2.24) is 0 Å². The molecule has 0 saturated carbocycles. The van der Waals surface area contributed by atoms with E-state index in [9.17, 15) is 19.7 Å². The zero-order valence-electron chi connectivity index (χ0n) is 10.9. The molecule has 8 nitrogen and oxygen atoms in total. The highest BCUT2D eigenvalue weighted by Crippen LogP contribution is 2.36. The highest BCUT2D eigenvalue weighted by Gasteiger charge is 2.36. The summed E-state index contributed by atoms with van der Waals surface area (Å²) in [5.74, 6) is -1.21. The van der Waals surface area contributed by atoms with Crippen LogP contribution in [0.2, 0.25) is 0 Å². The fraction of sp³-hybridized carbons (Fsp3) is 0. The molecule has 2 aromatic rings. The third-order valence-electron chi connectivity index (χ3n) is 3.38. The van der Waals surface area contributed by atoms with E-state index >= 15 is 0 Å². The van der Waals surface area contributed by atoms with Crippen molar-refractivity contribution in [2.75, 3.05) is 0 Å². The standard InChI is InChI=1S/C14H6N4O4/c15-17-16-9-5-1-3-7-11(9)13(19)8-4-2-6-10(18(21)22)12(8)14(7)20/h1-6H. The van der Waals surface area contributed by atoms with E-state index in [4.69, 9.17) is 5.53 Å². The van der Waals surface area contributed by atoms with Gasteiger partial charge in [0.05, 0.1) is 4.92 Å². The highest BCUT2D eigenvalue weighted by atomic mass is 16.6. The number of ketones is 2. The van der Waals surface area contributed by atoms with Crippen molar-refractivity contribution in [3.05, 3.63) is 79.2 Å². The van der Waals surface area contributed by atoms with Gasteiger partial charge < -0.3 is 0 Å². The second-order valence-corrected chi connectivity index (χ2v) is 4.50. The van der Waals surface area contributed by atoms with Crippen LogP contribution < -0.4 is 0 Å². The second kappa shape index (κ2) is 4.80. The average Bonchev–Trinajstić information content (AvgIpc) is 2.52. The molecule has 0 N–H and O–H groups in total.